The van der Waals surface area contributed by atoms with E-state index in [4.69, 9.17) is 0 Å². The van der Waals surface area contributed by atoms with Gasteiger partial charge in [-0.2, -0.15) is 8.78 Å². The first-order valence-electron chi connectivity index (χ1n) is 5.14. The Morgan fingerprint density at radius 3 is 2.14 bits per heavy atom. The van der Waals surface area contributed by atoms with Gasteiger partial charge in [-0.1, -0.05) is 27.7 Å². The second kappa shape index (κ2) is 10.9. The van der Waals surface area contributed by atoms with E-state index in [0.29, 0.717) is 0 Å². The van der Waals surface area contributed by atoms with Crippen molar-refractivity contribution >= 4 is 0 Å². The van der Waals surface area contributed by atoms with E-state index in [9.17, 15) is 8.78 Å². The van der Waals surface area contributed by atoms with Gasteiger partial charge in [-0.15, -0.1) is 0 Å². The zero-order valence-electron chi connectivity index (χ0n) is 9.89. The van der Waals surface area contributed by atoms with Crippen molar-refractivity contribution in [1.82, 2.24) is 4.90 Å². The van der Waals surface area contributed by atoms with Crippen LogP contribution in [0.5, 0.6) is 0 Å². The molecule has 0 aromatic heterocycles. The third kappa shape index (κ3) is 11.8. The van der Waals surface area contributed by atoms with Crippen LogP contribution in [0, 0.1) is 5.92 Å². The van der Waals surface area contributed by atoms with Crippen LogP contribution in [-0.2, 0) is 4.74 Å². The molecule has 0 amide bonds. The lowest BCUT2D eigenvalue weighted by atomic mass is 10.2. The van der Waals surface area contributed by atoms with Crippen molar-refractivity contribution in [3.8, 4) is 0 Å². The summed E-state index contributed by atoms with van der Waals surface area (Å²) in [6.45, 7) is 7.14. The summed E-state index contributed by atoms with van der Waals surface area (Å²) < 4.78 is 27.3. The molecule has 0 N–H and O–H groups in total. The van der Waals surface area contributed by atoms with Gasteiger partial charge in [-0.25, -0.2) is 0 Å². The van der Waals surface area contributed by atoms with Crippen LogP contribution in [0.25, 0.3) is 0 Å². The molecule has 88 valence electrons. The average molecular weight is 211 g/mol. The van der Waals surface area contributed by atoms with Crippen LogP contribution in [-0.4, -0.2) is 38.3 Å². The summed E-state index contributed by atoms with van der Waals surface area (Å²) in [5.74, 6) is 0.156. The maximum absolute atomic E-state index is 11.6. The van der Waals surface area contributed by atoms with E-state index in [2.05, 4.69) is 9.64 Å². The maximum atomic E-state index is 11.6. The van der Waals surface area contributed by atoms with Gasteiger partial charge in [0, 0.05) is 6.54 Å². The molecule has 0 saturated heterocycles. The lowest BCUT2D eigenvalue weighted by Gasteiger charge is -2.19. The third-order valence-electron chi connectivity index (χ3n) is 1.67. The highest BCUT2D eigenvalue weighted by Gasteiger charge is 2.08. The number of ether oxygens (including phenoxy) is 1. The largest absolute Gasteiger partial charge is 0.345 e. The SMILES string of the molecule is CC.CCN(C)CC(C)COC(F)F. The summed E-state index contributed by atoms with van der Waals surface area (Å²) in [4.78, 5) is 2.07. The fraction of sp³-hybridized carbons (Fsp3) is 1.00. The number of nitrogens with zero attached hydrogens (tertiary/aromatic N) is 1. The van der Waals surface area contributed by atoms with Crippen LogP contribution in [0.15, 0.2) is 0 Å². The quantitative estimate of drug-likeness (QED) is 0.670. The summed E-state index contributed by atoms with van der Waals surface area (Å²) >= 11 is 0. The molecule has 0 radical (unpaired) electrons. The van der Waals surface area contributed by atoms with Gasteiger partial charge >= 0.3 is 6.61 Å². The predicted molar refractivity (Wildman–Crippen MR) is 55.6 cm³/mol. The Labute approximate surface area is 86.2 Å². The van der Waals surface area contributed by atoms with E-state index in [0.717, 1.165) is 13.1 Å². The molecule has 0 rings (SSSR count). The van der Waals surface area contributed by atoms with Gasteiger partial charge in [0.15, 0.2) is 0 Å². The standard InChI is InChI=1S/C8H17F2NO.C2H6/c1-4-11(3)5-7(2)6-12-8(9)10;1-2/h7-8H,4-6H2,1-3H3;1-2H3. The molecule has 0 aromatic carbocycles. The van der Waals surface area contributed by atoms with E-state index >= 15 is 0 Å². The van der Waals surface area contributed by atoms with Crippen LogP contribution in [0.1, 0.15) is 27.7 Å². The zero-order valence-corrected chi connectivity index (χ0v) is 9.89. The first-order chi connectivity index (χ1) is 6.56. The van der Waals surface area contributed by atoms with Crippen molar-refractivity contribution in [1.29, 1.82) is 0 Å². The molecule has 0 saturated carbocycles. The van der Waals surface area contributed by atoms with Crippen LogP contribution in [0.2, 0.25) is 0 Å². The number of rotatable bonds is 6. The fourth-order valence-electron chi connectivity index (χ4n) is 0.951. The summed E-state index contributed by atoms with van der Waals surface area (Å²) in [5.41, 5.74) is 0. The molecule has 4 heteroatoms. The highest BCUT2D eigenvalue weighted by atomic mass is 19.3. The topological polar surface area (TPSA) is 12.5 Å². The van der Waals surface area contributed by atoms with Gasteiger partial charge in [-0.3, -0.25) is 0 Å². The molecule has 0 aliphatic carbocycles. The predicted octanol–water partition coefficient (Wildman–Crippen LogP) is 2.84. The molecule has 14 heavy (non-hydrogen) atoms. The van der Waals surface area contributed by atoms with Gasteiger partial charge < -0.3 is 9.64 Å². The van der Waals surface area contributed by atoms with Gasteiger partial charge in [0.05, 0.1) is 6.61 Å². The van der Waals surface area contributed by atoms with Gasteiger partial charge in [-0.05, 0) is 19.5 Å². The first kappa shape index (κ1) is 16.2. The van der Waals surface area contributed by atoms with E-state index in [-0.39, 0.29) is 12.5 Å². The average Bonchev–Trinajstić information content (AvgIpc) is 2.17. The Kier molecular flexibility index (Phi) is 12.6. The molecule has 0 aromatic rings. The van der Waals surface area contributed by atoms with Crippen molar-refractivity contribution in [2.75, 3.05) is 26.7 Å². The Morgan fingerprint density at radius 2 is 1.79 bits per heavy atom. The number of alkyl halides is 2. The number of hydrogen-bond acceptors (Lipinski definition) is 2. The number of hydrogen-bond donors (Lipinski definition) is 0. The fourth-order valence-corrected chi connectivity index (χ4v) is 0.951. The normalized spacial score (nSPS) is 12.6. The minimum atomic E-state index is -2.64. The molecule has 0 aliphatic heterocycles. The van der Waals surface area contributed by atoms with Crippen molar-refractivity contribution in [2.24, 2.45) is 5.92 Å². The van der Waals surface area contributed by atoms with Gasteiger partial charge in [0.1, 0.15) is 0 Å². The molecule has 1 unspecified atom stereocenters. The molecular formula is C10H23F2NO. The molecule has 0 aliphatic rings. The monoisotopic (exact) mass is 211 g/mol. The molecular weight excluding hydrogens is 188 g/mol. The highest BCUT2D eigenvalue weighted by molar-refractivity contribution is 4.56. The molecule has 0 heterocycles. The summed E-state index contributed by atoms with van der Waals surface area (Å²) in [6, 6.07) is 0. The second-order valence-electron chi connectivity index (χ2n) is 3.05. The maximum Gasteiger partial charge on any atom is 0.345 e. The smallest absolute Gasteiger partial charge is 0.323 e. The minimum Gasteiger partial charge on any atom is -0.323 e. The van der Waals surface area contributed by atoms with Crippen molar-refractivity contribution in [2.45, 2.75) is 34.3 Å². The summed E-state index contributed by atoms with van der Waals surface area (Å²) in [6.07, 6.45) is 0. The minimum absolute atomic E-state index is 0.127. The Bertz CT molecular complexity index is 112. The lowest BCUT2D eigenvalue weighted by molar-refractivity contribution is -0.137. The Hall–Kier alpha value is -0.220. The lowest BCUT2D eigenvalue weighted by Crippen LogP contribution is -2.26. The van der Waals surface area contributed by atoms with Crippen LogP contribution in [0.3, 0.4) is 0 Å². The first-order valence-corrected chi connectivity index (χ1v) is 5.14. The van der Waals surface area contributed by atoms with Crippen LogP contribution < -0.4 is 0 Å². The Balaban J connectivity index is 0. The van der Waals surface area contributed by atoms with Crippen LogP contribution >= 0.6 is 0 Å². The van der Waals surface area contributed by atoms with Crippen LogP contribution in [0.4, 0.5) is 8.78 Å². The van der Waals surface area contributed by atoms with E-state index in [1.165, 1.54) is 0 Å². The summed E-state index contributed by atoms with van der Waals surface area (Å²) in [7, 11) is 1.96. The van der Waals surface area contributed by atoms with Gasteiger partial charge in [0.25, 0.3) is 0 Å². The van der Waals surface area contributed by atoms with E-state index in [1.807, 2.05) is 34.7 Å². The van der Waals surface area contributed by atoms with Gasteiger partial charge in [0.2, 0.25) is 0 Å². The second-order valence-corrected chi connectivity index (χ2v) is 3.05. The Morgan fingerprint density at radius 1 is 1.29 bits per heavy atom. The number of halogens is 2. The highest BCUT2D eigenvalue weighted by Crippen LogP contribution is 2.02. The summed E-state index contributed by atoms with van der Waals surface area (Å²) in [5, 5.41) is 0. The van der Waals surface area contributed by atoms with Crippen molar-refractivity contribution in [3.63, 3.8) is 0 Å². The molecule has 2 nitrogen and oxygen atoms in total. The van der Waals surface area contributed by atoms with E-state index < -0.39 is 6.61 Å². The third-order valence-corrected chi connectivity index (χ3v) is 1.67. The van der Waals surface area contributed by atoms with E-state index in [1.54, 1.807) is 0 Å². The molecule has 0 bridgehead atoms. The zero-order chi connectivity index (χ0) is 11.6. The van der Waals surface area contributed by atoms with Crippen molar-refractivity contribution < 1.29 is 13.5 Å². The molecule has 0 fully saturated rings. The van der Waals surface area contributed by atoms with Crippen molar-refractivity contribution in [3.05, 3.63) is 0 Å². The molecule has 1 atom stereocenters. The molecule has 0 spiro atoms.